The SMILES string of the molecule is NC(=Nc1cc(Cl)cc(OC(F)(F)F)c1)/N=C(/N)N1CCCCC1. The molecule has 2 rings (SSSR count). The van der Waals surface area contributed by atoms with Crippen molar-refractivity contribution in [1.29, 1.82) is 0 Å². The molecular weight excluding hydrogens is 347 g/mol. The van der Waals surface area contributed by atoms with E-state index in [1.54, 1.807) is 0 Å². The van der Waals surface area contributed by atoms with Crippen LogP contribution in [-0.2, 0) is 0 Å². The summed E-state index contributed by atoms with van der Waals surface area (Å²) >= 11 is 5.76. The van der Waals surface area contributed by atoms with Crippen LogP contribution >= 0.6 is 11.6 Å². The van der Waals surface area contributed by atoms with Gasteiger partial charge in [0.1, 0.15) is 5.75 Å². The third-order valence-corrected chi connectivity index (χ3v) is 3.46. The summed E-state index contributed by atoms with van der Waals surface area (Å²) in [5.74, 6) is -0.447. The molecule has 1 aromatic carbocycles. The van der Waals surface area contributed by atoms with Crippen LogP contribution in [0.15, 0.2) is 28.2 Å². The van der Waals surface area contributed by atoms with Crippen LogP contribution in [0.4, 0.5) is 18.9 Å². The zero-order chi connectivity index (χ0) is 17.7. The molecule has 1 saturated heterocycles. The molecule has 1 fully saturated rings. The Morgan fingerprint density at radius 3 is 2.42 bits per heavy atom. The van der Waals surface area contributed by atoms with Gasteiger partial charge in [0.25, 0.3) is 0 Å². The lowest BCUT2D eigenvalue weighted by Gasteiger charge is -2.27. The summed E-state index contributed by atoms with van der Waals surface area (Å²) in [6.07, 6.45) is -1.66. The topological polar surface area (TPSA) is 89.2 Å². The smallest absolute Gasteiger partial charge is 0.406 e. The van der Waals surface area contributed by atoms with E-state index in [4.69, 9.17) is 23.1 Å². The van der Waals surface area contributed by atoms with Gasteiger partial charge < -0.3 is 21.1 Å². The quantitative estimate of drug-likeness (QED) is 0.624. The van der Waals surface area contributed by atoms with Crippen LogP contribution in [0.5, 0.6) is 5.75 Å². The highest BCUT2D eigenvalue weighted by Gasteiger charge is 2.31. The van der Waals surface area contributed by atoms with Gasteiger partial charge in [0, 0.05) is 24.2 Å². The number of benzene rings is 1. The molecule has 24 heavy (non-hydrogen) atoms. The molecule has 0 bridgehead atoms. The van der Waals surface area contributed by atoms with Crippen molar-refractivity contribution in [3.8, 4) is 5.75 Å². The first-order chi connectivity index (χ1) is 11.2. The van der Waals surface area contributed by atoms with Gasteiger partial charge in [-0.05, 0) is 31.4 Å². The number of guanidine groups is 2. The largest absolute Gasteiger partial charge is 0.573 e. The molecule has 0 aromatic heterocycles. The molecule has 0 aliphatic carbocycles. The summed E-state index contributed by atoms with van der Waals surface area (Å²) < 4.78 is 40.6. The molecule has 0 saturated carbocycles. The third kappa shape index (κ3) is 5.80. The molecule has 0 amide bonds. The fourth-order valence-corrected chi connectivity index (χ4v) is 2.49. The Bertz CT molecular complexity index is 642. The second kappa shape index (κ2) is 7.61. The van der Waals surface area contributed by atoms with E-state index in [0.717, 1.165) is 44.5 Å². The number of nitrogens with zero attached hydrogens (tertiary/aromatic N) is 3. The van der Waals surface area contributed by atoms with Crippen molar-refractivity contribution < 1.29 is 17.9 Å². The highest BCUT2D eigenvalue weighted by molar-refractivity contribution is 6.31. The summed E-state index contributed by atoms with van der Waals surface area (Å²) in [7, 11) is 0. The monoisotopic (exact) mass is 363 g/mol. The molecule has 132 valence electrons. The van der Waals surface area contributed by atoms with Gasteiger partial charge in [-0.15, -0.1) is 13.2 Å². The maximum atomic E-state index is 12.3. The van der Waals surface area contributed by atoms with Crippen molar-refractivity contribution in [3.05, 3.63) is 23.2 Å². The molecule has 1 aliphatic rings. The number of piperidine rings is 1. The number of hydrogen-bond acceptors (Lipinski definition) is 2. The second-order valence-electron chi connectivity index (χ2n) is 5.18. The highest BCUT2D eigenvalue weighted by atomic mass is 35.5. The van der Waals surface area contributed by atoms with Gasteiger partial charge in [-0.3, -0.25) is 0 Å². The van der Waals surface area contributed by atoms with Crippen molar-refractivity contribution in [2.24, 2.45) is 21.5 Å². The predicted octanol–water partition coefficient (Wildman–Crippen LogP) is 2.99. The van der Waals surface area contributed by atoms with Gasteiger partial charge in [0.05, 0.1) is 5.69 Å². The van der Waals surface area contributed by atoms with E-state index in [1.807, 2.05) is 4.90 Å². The molecule has 6 nitrogen and oxygen atoms in total. The lowest BCUT2D eigenvalue weighted by molar-refractivity contribution is -0.274. The molecule has 0 atom stereocenters. The molecule has 4 N–H and O–H groups in total. The van der Waals surface area contributed by atoms with Crippen molar-refractivity contribution in [1.82, 2.24) is 4.90 Å². The fraction of sp³-hybridized carbons (Fsp3) is 0.429. The lowest BCUT2D eigenvalue weighted by Crippen LogP contribution is -2.41. The van der Waals surface area contributed by atoms with Crippen LogP contribution in [0.25, 0.3) is 0 Å². The maximum Gasteiger partial charge on any atom is 0.573 e. The van der Waals surface area contributed by atoms with Crippen LogP contribution in [-0.4, -0.2) is 36.3 Å². The Morgan fingerprint density at radius 2 is 1.79 bits per heavy atom. The predicted molar refractivity (Wildman–Crippen MR) is 86.5 cm³/mol. The molecular formula is C14H17ClF3N5O. The fourth-order valence-electron chi connectivity index (χ4n) is 2.27. The molecule has 0 unspecified atom stereocenters. The van der Waals surface area contributed by atoms with Gasteiger partial charge in [-0.2, -0.15) is 4.99 Å². The Hall–Kier alpha value is -2.16. The summed E-state index contributed by atoms with van der Waals surface area (Å²) in [6.45, 7) is 1.56. The molecule has 1 aliphatic heterocycles. The highest BCUT2D eigenvalue weighted by Crippen LogP contribution is 2.30. The van der Waals surface area contributed by atoms with Gasteiger partial charge in [0.2, 0.25) is 5.96 Å². The number of alkyl halides is 3. The minimum Gasteiger partial charge on any atom is -0.406 e. The van der Waals surface area contributed by atoms with Crippen molar-refractivity contribution >= 4 is 29.2 Å². The first-order valence-corrected chi connectivity index (χ1v) is 7.60. The summed E-state index contributed by atoms with van der Waals surface area (Å²) in [5.41, 5.74) is 11.6. The zero-order valence-corrected chi connectivity index (χ0v) is 13.4. The summed E-state index contributed by atoms with van der Waals surface area (Å²) in [5, 5.41) is 0.0243. The number of aliphatic imine (C=N–C) groups is 2. The van der Waals surface area contributed by atoms with Crippen LogP contribution in [0.2, 0.25) is 5.02 Å². The average Bonchev–Trinajstić information content (AvgIpc) is 2.45. The van der Waals surface area contributed by atoms with E-state index in [9.17, 15) is 13.2 Å². The average molecular weight is 364 g/mol. The van der Waals surface area contributed by atoms with Crippen LogP contribution in [0, 0.1) is 0 Å². The van der Waals surface area contributed by atoms with E-state index in [0.29, 0.717) is 0 Å². The summed E-state index contributed by atoms with van der Waals surface area (Å²) in [6, 6.07) is 3.42. The van der Waals surface area contributed by atoms with Gasteiger partial charge in [-0.1, -0.05) is 11.6 Å². The van der Waals surface area contributed by atoms with Crippen molar-refractivity contribution in [3.63, 3.8) is 0 Å². The minimum atomic E-state index is -4.83. The van der Waals surface area contributed by atoms with Crippen molar-refractivity contribution in [2.45, 2.75) is 25.6 Å². The van der Waals surface area contributed by atoms with E-state index in [2.05, 4.69) is 14.7 Å². The number of nitrogens with two attached hydrogens (primary N) is 2. The number of likely N-dealkylation sites (tertiary alicyclic amines) is 1. The van der Waals surface area contributed by atoms with E-state index < -0.39 is 12.1 Å². The molecule has 0 radical (unpaired) electrons. The minimum absolute atomic E-state index is 0.0243. The van der Waals surface area contributed by atoms with E-state index >= 15 is 0 Å². The van der Waals surface area contributed by atoms with Crippen LogP contribution in [0.1, 0.15) is 19.3 Å². The van der Waals surface area contributed by atoms with E-state index in [-0.39, 0.29) is 22.6 Å². The zero-order valence-electron chi connectivity index (χ0n) is 12.7. The standard InChI is InChI=1S/C14H17ClF3N5O/c15-9-6-10(8-11(7-9)24-14(16,17)18)21-12(19)22-13(20)23-4-2-1-3-5-23/h6-8H,1-5H2,(H4,19,20,21,22). The summed E-state index contributed by atoms with van der Waals surface area (Å²) in [4.78, 5) is 9.76. The molecule has 1 heterocycles. The molecule has 1 aromatic rings. The van der Waals surface area contributed by atoms with Crippen LogP contribution in [0.3, 0.4) is 0 Å². The lowest BCUT2D eigenvalue weighted by atomic mass is 10.1. The number of rotatable bonds is 2. The maximum absolute atomic E-state index is 12.3. The molecule has 10 heteroatoms. The van der Waals surface area contributed by atoms with Crippen LogP contribution < -0.4 is 16.2 Å². The normalized spacial score (nSPS) is 17.1. The number of hydrogen-bond donors (Lipinski definition) is 2. The first-order valence-electron chi connectivity index (χ1n) is 7.22. The second-order valence-corrected chi connectivity index (χ2v) is 5.62. The number of halogens is 4. The van der Waals surface area contributed by atoms with Crippen molar-refractivity contribution in [2.75, 3.05) is 13.1 Å². The first kappa shape index (κ1) is 18.2. The third-order valence-electron chi connectivity index (χ3n) is 3.24. The Kier molecular flexibility index (Phi) is 5.76. The Morgan fingerprint density at radius 1 is 1.12 bits per heavy atom. The Balaban J connectivity index is 2.16. The van der Waals surface area contributed by atoms with Gasteiger partial charge in [-0.25, -0.2) is 4.99 Å². The van der Waals surface area contributed by atoms with E-state index in [1.165, 1.54) is 6.07 Å². The van der Waals surface area contributed by atoms with Gasteiger partial charge >= 0.3 is 6.36 Å². The van der Waals surface area contributed by atoms with Gasteiger partial charge in [0.15, 0.2) is 5.96 Å². The molecule has 0 spiro atoms. The Labute approximate surface area is 141 Å². The number of ether oxygens (including phenoxy) is 1.